The molecular formula is C18H13Cl2F2N5O7S. The average molecular weight is 552 g/mol. The van der Waals surface area contributed by atoms with Crippen LogP contribution in [0.3, 0.4) is 0 Å². The zero-order valence-electron chi connectivity index (χ0n) is 17.4. The Morgan fingerprint density at radius 1 is 1.23 bits per heavy atom. The number of aromatic nitrogens is 4. The van der Waals surface area contributed by atoms with Gasteiger partial charge in [0.1, 0.15) is 4.90 Å². The molecule has 12 nitrogen and oxygen atoms in total. The largest absolute Gasteiger partial charge is 0.464 e. The summed E-state index contributed by atoms with van der Waals surface area (Å²) in [4.78, 5) is 28.7. The summed E-state index contributed by atoms with van der Waals surface area (Å²) < 4.78 is 69.5. The second kappa shape index (κ2) is 10.5. The summed E-state index contributed by atoms with van der Waals surface area (Å²) in [6.07, 6.45) is -2.23. The van der Waals surface area contributed by atoms with Gasteiger partial charge in [0.05, 0.1) is 21.9 Å². The molecule has 3 aromatic rings. The summed E-state index contributed by atoms with van der Waals surface area (Å²) in [7, 11) is -2.92. The molecule has 2 heterocycles. The molecule has 0 atom stereocenters. The monoisotopic (exact) mass is 551 g/mol. The first-order chi connectivity index (χ1) is 16.5. The minimum Gasteiger partial charge on any atom is -0.464 e. The molecule has 0 fully saturated rings. The van der Waals surface area contributed by atoms with Crippen LogP contribution in [-0.2, 0) is 14.8 Å². The van der Waals surface area contributed by atoms with Crippen LogP contribution in [0.25, 0.3) is 5.69 Å². The zero-order chi connectivity index (χ0) is 25.9. The number of hydrogen-bond acceptors (Lipinski definition) is 9. The first-order valence-electron chi connectivity index (χ1n) is 9.02. The van der Waals surface area contributed by atoms with Gasteiger partial charge in [-0.2, -0.15) is 22.6 Å². The summed E-state index contributed by atoms with van der Waals surface area (Å²) in [5.74, 6) is -0.720. The number of nitrogens with one attached hydrogen (secondary N) is 1. The second-order valence-corrected chi connectivity index (χ2v) is 8.78. The number of alkyl halides is 2. The predicted molar refractivity (Wildman–Crippen MR) is 119 cm³/mol. The number of ether oxygens (including phenoxy) is 3. The smallest absolute Gasteiger partial charge is 0.349 e. The average Bonchev–Trinajstić information content (AvgIpc) is 2.80. The van der Waals surface area contributed by atoms with E-state index >= 15 is 0 Å². The Balaban J connectivity index is 2.04. The van der Waals surface area contributed by atoms with Crippen molar-refractivity contribution in [3.8, 4) is 23.1 Å². The molecule has 0 bridgehead atoms. The summed E-state index contributed by atoms with van der Waals surface area (Å²) in [5, 5.41) is 2.88. The van der Waals surface area contributed by atoms with E-state index in [4.69, 9.17) is 37.4 Å². The van der Waals surface area contributed by atoms with Crippen LogP contribution >= 0.6 is 23.2 Å². The van der Waals surface area contributed by atoms with Crippen molar-refractivity contribution < 1.29 is 31.4 Å². The molecule has 2 aromatic heterocycles. The Morgan fingerprint density at radius 3 is 2.46 bits per heavy atom. The maximum Gasteiger partial charge on any atom is 0.349 e. The fourth-order valence-electron chi connectivity index (χ4n) is 2.57. The van der Waals surface area contributed by atoms with E-state index in [0.29, 0.717) is 4.68 Å². The molecule has 0 aliphatic carbocycles. The molecular weight excluding hydrogens is 539 g/mol. The minimum atomic E-state index is -4.25. The standard InChI is InChI=1S/C18H13Cl2F2N5O7S/c1-23-35(30,31)12-5-13(24-6-11(12)33-7-32-2)34-15-9(19)3-8(4-10(15)20)27-18(29)25-17(28)14(26-27)16(21)22/h3-6,16H,1,7H2,2H3,(H,25,28,29). The molecule has 17 heteroatoms. The summed E-state index contributed by atoms with van der Waals surface area (Å²) in [6, 6.07) is 3.14. The van der Waals surface area contributed by atoms with Crippen molar-refractivity contribution in [2.24, 2.45) is 4.40 Å². The third kappa shape index (κ3) is 5.64. The molecule has 0 aliphatic heterocycles. The Bertz CT molecular complexity index is 1490. The molecule has 3 rings (SSSR count). The first-order valence-corrected chi connectivity index (χ1v) is 11.2. The van der Waals surface area contributed by atoms with E-state index < -0.39 is 38.3 Å². The van der Waals surface area contributed by atoms with Crippen LogP contribution < -0.4 is 20.7 Å². The van der Waals surface area contributed by atoms with Crippen LogP contribution in [-0.4, -0.2) is 48.8 Å². The highest BCUT2D eigenvalue weighted by atomic mass is 35.5. The molecule has 0 saturated carbocycles. The number of methoxy groups -OCH3 is 1. The van der Waals surface area contributed by atoms with Crippen molar-refractivity contribution in [2.75, 3.05) is 13.9 Å². The molecule has 0 spiro atoms. The van der Waals surface area contributed by atoms with Gasteiger partial charge < -0.3 is 14.2 Å². The minimum absolute atomic E-state index is 0.175. The number of aromatic amines is 1. The van der Waals surface area contributed by atoms with Crippen LogP contribution in [0.4, 0.5) is 8.78 Å². The van der Waals surface area contributed by atoms with E-state index in [-0.39, 0.29) is 39.9 Å². The lowest BCUT2D eigenvalue weighted by molar-refractivity contribution is 0.0486. The van der Waals surface area contributed by atoms with E-state index in [0.717, 1.165) is 24.4 Å². The molecule has 186 valence electrons. The normalized spacial score (nSPS) is 11.5. The second-order valence-electron chi connectivity index (χ2n) is 6.32. The Morgan fingerprint density at radius 2 is 1.89 bits per heavy atom. The van der Waals surface area contributed by atoms with Crippen LogP contribution in [0.5, 0.6) is 17.4 Å². The molecule has 0 aliphatic rings. The number of benzene rings is 1. The van der Waals surface area contributed by atoms with Crippen molar-refractivity contribution in [1.29, 1.82) is 0 Å². The summed E-state index contributed by atoms with van der Waals surface area (Å²) in [6.45, 7) is 2.72. The maximum atomic E-state index is 13.0. The molecule has 1 aromatic carbocycles. The third-order valence-electron chi connectivity index (χ3n) is 4.08. The number of pyridine rings is 1. The number of nitrogens with zero attached hydrogens (tertiary/aromatic N) is 4. The Hall–Kier alpha value is -3.40. The Labute approximate surface area is 204 Å². The SMILES string of the molecule is C=NS(=O)(=O)c1cc(Oc2c(Cl)cc(-n3nc(C(F)F)c(=O)[nH]c3=O)cc2Cl)ncc1OCOC. The van der Waals surface area contributed by atoms with Crippen molar-refractivity contribution in [2.45, 2.75) is 11.3 Å². The third-order valence-corrected chi connectivity index (χ3v) is 5.86. The zero-order valence-corrected chi connectivity index (χ0v) is 19.7. The van der Waals surface area contributed by atoms with Gasteiger partial charge in [0.25, 0.3) is 22.0 Å². The van der Waals surface area contributed by atoms with Crippen molar-refractivity contribution >= 4 is 39.9 Å². The van der Waals surface area contributed by atoms with Crippen molar-refractivity contribution in [3.05, 3.63) is 61.0 Å². The van der Waals surface area contributed by atoms with Gasteiger partial charge in [0.15, 0.2) is 24.0 Å². The predicted octanol–water partition coefficient (Wildman–Crippen LogP) is 2.72. The van der Waals surface area contributed by atoms with Crippen LogP contribution in [0.1, 0.15) is 12.1 Å². The van der Waals surface area contributed by atoms with Gasteiger partial charge in [-0.1, -0.05) is 23.2 Å². The van der Waals surface area contributed by atoms with Crippen molar-refractivity contribution in [1.82, 2.24) is 19.7 Å². The molecule has 0 saturated heterocycles. The van der Waals surface area contributed by atoms with Gasteiger partial charge in [0.2, 0.25) is 5.88 Å². The van der Waals surface area contributed by atoms with E-state index in [2.05, 4.69) is 21.2 Å². The van der Waals surface area contributed by atoms with Gasteiger partial charge in [-0.15, -0.1) is 0 Å². The lowest BCUT2D eigenvalue weighted by atomic mass is 10.3. The number of sulfonamides is 1. The quantitative estimate of drug-likeness (QED) is 0.312. The van der Waals surface area contributed by atoms with E-state index in [1.54, 1.807) is 4.98 Å². The van der Waals surface area contributed by atoms with E-state index in [1.165, 1.54) is 7.11 Å². The number of rotatable bonds is 9. The lowest BCUT2D eigenvalue weighted by Crippen LogP contribution is -2.34. The van der Waals surface area contributed by atoms with Gasteiger partial charge in [0, 0.05) is 19.9 Å². The molecule has 0 amide bonds. The fourth-order valence-corrected chi connectivity index (χ4v) is 3.87. The molecule has 1 N–H and O–H groups in total. The van der Waals surface area contributed by atoms with Crippen molar-refractivity contribution in [3.63, 3.8) is 0 Å². The molecule has 35 heavy (non-hydrogen) atoms. The van der Waals surface area contributed by atoms with Crippen LogP contribution in [0, 0.1) is 0 Å². The maximum absolute atomic E-state index is 13.0. The van der Waals surface area contributed by atoms with Gasteiger partial charge in [-0.3, -0.25) is 9.78 Å². The summed E-state index contributed by atoms with van der Waals surface area (Å²) >= 11 is 12.4. The highest BCUT2D eigenvalue weighted by Crippen LogP contribution is 2.39. The highest BCUT2D eigenvalue weighted by molar-refractivity contribution is 7.90. The van der Waals surface area contributed by atoms with E-state index in [1.807, 2.05) is 0 Å². The number of H-pyrrole nitrogens is 1. The number of hydrogen-bond donors (Lipinski definition) is 1. The summed E-state index contributed by atoms with van der Waals surface area (Å²) in [5.41, 5.74) is -3.84. The van der Waals surface area contributed by atoms with Gasteiger partial charge >= 0.3 is 5.69 Å². The fraction of sp³-hybridized carbons (Fsp3) is 0.167. The van der Waals surface area contributed by atoms with E-state index in [9.17, 15) is 26.8 Å². The molecule has 0 unspecified atom stereocenters. The molecule has 0 radical (unpaired) electrons. The highest BCUT2D eigenvalue weighted by Gasteiger charge is 2.23. The topological polar surface area (TPSA) is 155 Å². The van der Waals surface area contributed by atoms with Gasteiger partial charge in [-0.25, -0.2) is 18.6 Å². The Kier molecular flexibility index (Phi) is 7.84. The van der Waals surface area contributed by atoms with Gasteiger partial charge in [-0.05, 0) is 12.1 Å². The lowest BCUT2D eigenvalue weighted by Gasteiger charge is -2.14. The first kappa shape index (κ1) is 26.2. The van der Waals surface area contributed by atoms with Crippen LogP contribution in [0.15, 0.2) is 43.3 Å². The number of halogens is 4. The van der Waals surface area contributed by atoms with Crippen LogP contribution in [0.2, 0.25) is 10.0 Å².